The molecule has 1 fully saturated rings. The highest BCUT2D eigenvalue weighted by atomic mass is 19.4. The molecule has 0 radical (unpaired) electrons. The van der Waals surface area contributed by atoms with E-state index < -0.39 is 18.1 Å². The van der Waals surface area contributed by atoms with Gasteiger partial charge in [0, 0.05) is 37.2 Å². The molecule has 0 aromatic carbocycles. The van der Waals surface area contributed by atoms with Crippen molar-refractivity contribution in [3.63, 3.8) is 0 Å². The molecule has 2 aromatic heterocycles. The van der Waals surface area contributed by atoms with E-state index in [0.717, 1.165) is 31.6 Å². The van der Waals surface area contributed by atoms with Crippen LogP contribution in [-0.4, -0.2) is 61.9 Å². The number of ether oxygens (including phenoxy) is 1. The van der Waals surface area contributed by atoms with Gasteiger partial charge >= 0.3 is 18.1 Å². The van der Waals surface area contributed by atoms with Crippen molar-refractivity contribution < 1.29 is 32.6 Å². The summed E-state index contributed by atoms with van der Waals surface area (Å²) >= 11 is 0. The average Bonchev–Trinajstić information content (AvgIpc) is 3.33. The number of carboxylic acids is 1. The van der Waals surface area contributed by atoms with Gasteiger partial charge in [-0.15, -0.1) is 0 Å². The molecular weight excluding hydrogens is 407 g/mol. The molecule has 3 rings (SSSR count). The summed E-state index contributed by atoms with van der Waals surface area (Å²) in [4.78, 5) is 36.1. The number of anilines is 1. The van der Waals surface area contributed by atoms with Gasteiger partial charge in [-0.3, -0.25) is 0 Å². The van der Waals surface area contributed by atoms with Crippen LogP contribution in [0.1, 0.15) is 35.9 Å². The van der Waals surface area contributed by atoms with Gasteiger partial charge in [0.1, 0.15) is 0 Å². The van der Waals surface area contributed by atoms with E-state index in [2.05, 4.69) is 24.4 Å². The number of esters is 1. The molecule has 0 saturated carbocycles. The lowest BCUT2D eigenvalue weighted by Crippen LogP contribution is -2.34. The summed E-state index contributed by atoms with van der Waals surface area (Å²) in [5.41, 5.74) is 1.09. The number of aryl methyl sites for hydroxylation is 1. The number of alkyl halides is 3. The second-order valence-electron chi connectivity index (χ2n) is 6.47. The second kappa shape index (κ2) is 10.0. The van der Waals surface area contributed by atoms with Crippen molar-refractivity contribution in [2.75, 3.05) is 18.1 Å². The molecule has 12 heteroatoms. The van der Waals surface area contributed by atoms with Crippen LogP contribution in [0.4, 0.5) is 19.1 Å². The Morgan fingerprint density at radius 2 is 2.03 bits per heavy atom. The molecule has 164 valence electrons. The van der Waals surface area contributed by atoms with Crippen molar-refractivity contribution in [2.24, 2.45) is 0 Å². The molecule has 1 N–H and O–H groups in total. The van der Waals surface area contributed by atoms with Crippen molar-refractivity contribution in [1.29, 1.82) is 0 Å². The summed E-state index contributed by atoms with van der Waals surface area (Å²) in [5, 5.41) is 7.12. The predicted octanol–water partition coefficient (Wildman–Crippen LogP) is 2.46. The number of hydrogen-bond acceptors (Lipinski definition) is 7. The number of carbonyl (C=O) groups excluding carboxylic acids is 1. The Hall–Kier alpha value is -3.18. The maximum absolute atomic E-state index is 12.0. The number of halogens is 3. The molecule has 0 amide bonds. The van der Waals surface area contributed by atoms with Crippen molar-refractivity contribution >= 4 is 17.9 Å². The lowest BCUT2D eigenvalue weighted by Gasteiger charge is -2.25. The van der Waals surface area contributed by atoms with Gasteiger partial charge in [-0.2, -0.15) is 13.2 Å². The van der Waals surface area contributed by atoms with Gasteiger partial charge in [0.15, 0.2) is 5.69 Å². The molecule has 30 heavy (non-hydrogen) atoms. The Balaban J connectivity index is 0.000000396. The normalized spacial score (nSPS) is 16.0. The van der Waals surface area contributed by atoms with Crippen LogP contribution in [0.25, 0.3) is 0 Å². The Bertz CT molecular complexity index is 858. The summed E-state index contributed by atoms with van der Waals surface area (Å²) in [7, 11) is 0. The van der Waals surface area contributed by atoms with Crippen molar-refractivity contribution in [3.8, 4) is 0 Å². The molecule has 1 aliphatic heterocycles. The average molecular weight is 429 g/mol. The highest BCUT2D eigenvalue weighted by Crippen LogP contribution is 2.24. The Morgan fingerprint density at radius 3 is 2.60 bits per heavy atom. The van der Waals surface area contributed by atoms with E-state index in [4.69, 9.17) is 14.6 Å². The van der Waals surface area contributed by atoms with Crippen LogP contribution in [0, 0.1) is 6.92 Å². The quantitative estimate of drug-likeness (QED) is 0.722. The number of nitrogens with zero attached hydrogens (tertiary/aromatic N) is 5. The van der Waals surface area contributed by atoms with Crippen LogP contribution in [0.3, 0.4) is 0 Å². The van der Waals surface area contributed by atoms with Crippen LogP contribution in [0.15, 0.2) is 24.8 Å². The number of hydrogen-bond donors (Lipinski definition) is 1. The maximum Gasteiger partial charge on any atom is 0.490 e. The fraction of sp³-hybridized carbons (Fsp3) is 0.500. The lowest BCUT2D eigenvalue weighted by atomic mass is 10.2. The lowest BCUT2D eigenvalue weighted by molar-refractivity contribution is -0.192. The molecule has 1 unspecified atom stereocenters. The highest BCUT2D eigenvalue weighted by molar-refractivity contribution is 5.87. The minimum Gasteiger partial charge on any atom is -0.475 e. The maximum atomic E-state index is 12.0. The first kappa shape index (κ1) is 23.1. The smallest absolute Gasteiger partial charge is 0.475 e. The summed E-state index contributed by atoms with van der Waals surface area (Å²) < 4.78 is 38.8. The number of carboxylic acid groups (broad SMARTS) is 1. The van der Waals surface area contributed by atoms with E-state index in [-0.39, 0.29) is 0 Å². The summed E-state index contributed by atoms with van der Waals surface area (Å²) in [5.74, 6) is -2.55. The number of aromatic nitrogens is 4. The topological polar surface area (TPSA) is 110 Å². The summed E-state index contributed by atoms with van der Waals surface area (Å²) in [6.45, 7) is 5.73. The number of carbonyl (C=O) groups is 2. The van der Waals surface area contributed by atoms with Gasteiger partial charge in [0.25, 0.3) is 0 Å². The van der Waals surface area contributed by atoms with Crippen LogP contribution in [0.5, 0.6) is 0 Å². The minimum absolute atomic E-state index is 0.307. The largest absolute Gasteiger partial charge is 0.490 e. The molecular formula is C18H22F3N5O4. The summed E-state index contributed by atoms with van der Waals surface area (Å²) in [6, 6.07) is 1.98. The molecule has 0 spiro atoms. The monoisotopic (exact) mass is 429 g/mol. The van der Waals surface area contributed by atoms with E-state index in [1.54, 1.807) is 19.2 Å². The molecule has 3 heterocycles. The molecule has 0 aliphatic carbocycles. The van der Waals surface area contributed by atoms with Gasteiger partial charge in [0.2, 0.25) is 5.95 Å². The fourth-order valence-electron chi connectivity index (χ4n) is 2.92. The Kier molecular flexibility index (Phi) is 7.72. The summed E-state index contributed by atoms with van der Waals surface area (Å²) in [6.07, 6.45) is 2.63. The molecule has 2 aromatic rings. The van der Waals surface area contributed by atoms with E-state index in [9.17, 15) is 18.0 Å². The number of rotatable bonds is 5. The second-order valence-corrected chi connectivity index (χ2v) is 6.47. The highest BCUT2D eigenvalue weighted by Gasteiger charge is 2.38. The third-order valence-corrected chi connectivity index (χ3v) is 4.18. The first-order valence-corrected chi connectivity index (χ1v) is 9.17. The SMILES string of the molecule is CCOC(=O)c1cc(C)nc(N2CCCC2Cn2ccnc2)n1.O=C(O)C(F)(F)F. The van der Waals surface area contributed by atoms with Gasteiger partial charge in [-0.25, -0.2) is 24.5 Å². The van der Waals surface area contributed by atoms with Gasteiger partial charge in [-0.1, -0.05) is 0 Å². The van der Waals surface area contributed by atoms with E-state index in [0.29, 0.717) is 24.3 Å². The zero-order chi connectivity index (χ0) is 22.3. The Morgan fingerprint density at radius 1 is 1.33 bits per heavy atom. The number of aliphatic carboxylic acids is 1. The zero-order valence-corrected chi connectivity index (χ0v) is 16.5. The van der Waals surface area contributed by atoms with Crippen LogP contribution < -0.4 is 4.90 Å². The van der Waals surface area contributed by atoms with Crippen molar-refractivity contribution in [1.82, 2.24) is 19.5 Å². The third-order valence-electron chi connectivity index (χ3n) is 4.18. The van der Waals surface area contributed by atoms with E-state index in [1.807, 2.05) is 19.4 Å². The predicted molar refractivity (Wildman–Crippen MR) is 99.0 cm³/mol. The molecule has 0 bridgehead atoms. The first-order chi connectivity index (χ1) is 14.1. The fourth-order valence-corrected chi connectivity index (χ4v) is 2.92. The molecule has 9 nitrogen and oxygen atoms in total. The van der Waals surface area contributed by atoms with Gasteiger partial charge in [-0.05, 0) is 32.8 Å². The Labute approximate surface area is 170 Å². The first-order valence-electron chi connectivity index (χ1n) is 9.17. The van der Waals surface area contributed by atoms with Crippen LogP contribution >= 0.6 is 0 Å². The van der Waals surface area contributed by atoms with Crippen molar-refractivity contribution in [3.05, 3.63) is 36.2 Å². The van der Waals surface area contributed by atoms with Gasteiger partial charge in [0.05, 0.1) is 12.9 Å². The van der Waals surface area contributed by atoms with E-state index in [1.165, 1.54) is 0 Å². The van der Waals surface area contributed by atoms with Gasteiger partial charge < -0.3 is 19.3 Å². The van der Waals surface area contributed by atoms with E-state index >= 15 is 0 Å². The van der Waals surface area contributed by atoms with Crippen LogP contribution in [0.2, 0.25) is 0 Å². The molecule has 1 saturated heterocycles. The number of imidazole rings is 1. The zero-order valence-electron chi connectivity index (χ0n) is 16.5. The minimum atomic E-state index is -5.08. The standard InChI is InChI=1S/C16H21N5O2.C2HF3O2/c1-3-23-15(22)14-9-12(2)18-16(19-14)21-7-4-5-13(21)10-20-8-6-17-11-20;3-2(4,5)1(6)7/h6,8-9,11,13H,3-5,7,10H2,1-2H3;(H,6,7). The van der Waals surface area contributed by atoms with Crippen LogP contribution in [-0.2, 0) is 16.1 Å². The molecule has 1 aliphatic rings. The third kappa shape index (κ3) is 6.42. The van der Waals surface area contributed by atoms with Crippen molar-refractivity contribution in [2.45, 2.75) is 45.5 Å². The molecule has 1 atom stereocenters.